The van der Waals surface area contributed by atoms with Gasteiger partial charge in [0.15, 0.2) is 6.10 Å². The smallest absolute Gasteiger partial charge is 0.265 e. The predicted molar refractivity (Wildman–Crippen MR) is 90.7 cm³/mol. The summed E-state index contributed by atoms with van der Waals surface area (Å²) in [6.45, 7) is 5.91. The highest BCUT2D eigenvalue weighted by atomic mass is 35.5. The van der Waals surface area contributed by atoms with E-state index in [0.717, 1.165) is 16.8 Å². The molecule has 0 spiro atoms. The maximum atomic E-state index is 12.4. The van der Waals surface area contributed by atoms with Crippen molar-refractivity contribution in [1.29, 1.82) is 0 Å². The monoisotopic (exact) mass is 317 g/mol. The number of carbonyl (C=O) groups is 1. The molecular formula is C18H20ClNO2. The lowest BCUT2D eigenvalue weighted by Crippen LogP contribution is -2.32. The Morgan fingerprint density at radius 2 is 1.91 bits per heavy atom. The highest BCUT2D eigenvalue weighted by Gasteiger charge is 2.20. The maximum absolute atomic E-state index is 12.4. The standard InChI is InChI=1S/C18H20ClNO2/c1-4-16(22-17-11-6-5-9-14(17)19)18(21)20-15-10-7-8-12(2)13(15)3/h5-11,16H,4H2,1-3H3,(H,20,21). The molecule has 0 saturated heterocycles. The van der Waals surface area contributed by atoms with E-state index in [2.05, 4.69) is 5.32 Å². The van der Waals surface area contributed by atoms with Gasteiger partial charge in [-0.1, -0.05) is 42.8 Å². The maximum Gasteiger partial charge on any atom is 0.265 e. The number of para-hydroxylation sites is 1. The number of hydrogen-bond donors (Lipinski definition) is 1. The molecule has 116 valence electrons. The van der Waals surface area contributed by atoms with Gasteiger partial charge in [-0.25, -0.2) is 0 Å². The molecule has 1 amide bonds. The third-order valence-electron chi connectivity index (χ3n) is 3.63. The van der Waals surface area contributed by atoms with E-state index in [1.807, 2.05) is 51.1 Å². The summed E-state index contributed by atoms with van der Waals surface area (Å²) in [4.78, 5) is 12.4. The number of amides is 1. The minimum atomic E-state index is -0.584. The quantitative estimate of drug-likeness (QED) is 0.864. The number of rotatable bonds is 5. The van der Waals surface area contributed by atoms with Crippen LogP contribution in [0.4, 0.5) is 5.69 Å². The number of ether oxygens (including phenoxy) is 1. The highest BCUT2D eigenvalue weighted by molar-refractivity contribution is 6.32. The number of nitrogens with one attached hydrogen (secondary N) is 1. The van der Waals surface area contributed by atoms with Gasteiger partial charge in [0.05, 0.1) is 5.02 Å². The second-order valence-corrected chi connectivity index (χ2v) is 5.59. The zero-order valence-corrected chi connectivity index (χ0v) is 13.8. The van der Waals surface area contributed by atoms with Gasteiger partial charge in [0.25, 0.3) is 5.91 Å². The molecule has 22 heavy (non-hydrogen) atoms. The van der Waals surface area contributed by atoms with Gasteiger partial charge in [-0.3, -0.25) is 4.79 Å². The van der Waals surface area contributed by atoms with E-state index in [4.69, 9.17) is 16.3 Å². The van der Waals surface area contributed by atoms with Crippen molar-refractivity contribution >= 4 is 23.2 Å². The first-order valence-corrected chi connectivity index (χ1v) is 7.69. The summed E-state index contributed by atoms with van der Waals surface area (Å²) in [5.41, 5.74) is 3.01. The van der Waals surface area contributed by atoms with E-state index >= 15 is 0 Å². The molecular weight excluding hydrogens is 298 g/mol. The van der Waals surface area contributed by atoms with E-state index in [1.54, 1.807) is 12.1 Å². The van der Waals surface area contributed by atoms with Crippen LogP contribution in [-0.4, -0.2) is 12.0 Å². The largest absolute Gasteiger partial charge is 0.479 e. The summed E-state index contributed by atoms with van der Waals surface area (Å²) in [7, 11) is 0. The Hall–Kier alpha value is -2.00. The van der Waals surface area contributed by atoms with Crippen LogP contribution in [0.2, 0.25) is 5.02 Å². The minimum Gasteiger partial charge on any atom is -0.479 e. The van der Waals surface area contributed by atoms with Gasteiger partial charge < -0.3 is 10.1 Å². The summed E-state index contributed by atoms with van der Waals surface area (Å²) >= 11 is 6.08. The summed E-state index contributed by atoms with van der Waals surface area (Å²) in [5.74, 6) is 0.350. The topological polar surface area (TPSA) is 38.3 Å². The molecule has 2 aromatic carbocycles. The molecule has 1 unspecified atom stereocenters. The molecule has 1 N–H and O–H groups in total. The number of hydrogen-bond acceptors (Lipinski definition) is 2. The number of halogens is 1. The fourth-order valence-electron chi connectivity index (χ4n) is 2.12. The molecule has 2 aromatic rings. The van der Waals surface area contributed by atoms with Crippen molar-refractivity contribution in [2.45, 2.75) is 33.3 Å². The normalized spacial score (nSPS) is 11.8. The predicted octanol–water partition coefficient (Wildman–Crippen LogP) is 4.75. The molecule has 0 aromatic heterocycles. The van der Waals surface area contributed by atoms with Crippen molar-refractivity contribution in [2.24, 2.45) is 0 Å². The lowest BCUT2D eigenvalue weighted by Gasteiger charge is -2.19. The second-order valence-electron chi connectivity index (χ2n) is 5.18. The van der Waals surface area contributed by atoms with Gasteiger partial charge >= 0.3 is 0 Å². The first kappa shape index (κ1) is 16.4. The summed E-state index contributed by atoms with van der Waals surface area (Å²) in [6.07, 6.45) is -0.0260. The molecule has 0 radical (unpaired) electrons. The summed E-state index contributed by atoms with van der Waals surface area (Å²) < 4.78 is 5.75. The Kier molecular flexibility index (Phi) is 5.45. The first-order valence-electron chi connectivity index (χ1n) is 7.31. The van der Waals surface area contributed by atoms with E-state index in [-0.39, 0.29) is 5.91 Å². The summed E-state index contributed by atoms with van der Waals surface area (Å²) in [5, 5.41) is 3.44. The van der Waals surface area contributed by atoms with Gasteiger partial charge in [0.1, 0.15) is 5.75 Å². The van der Waals surface area contributed by atoms with Crippen LogP contribution in [0, 0.1) is 13.8 Å². The van der Waals surface area contributed by atoms with Crippen LogP contribution in [-0.2, 0) is 4.79 Å². The van der Waals surface area contributed by atoms with Gasteiger partial charge in [0.2, 0.25) is 0 Å². The molecule has 0 bridgehead atoms. The average molecular weight is 318 g/mol. The van der Waals surface area contributed by atoms with Crippen molar-refractivity contribution in [1.82, 2.24) is 0 Å². The Morgan fingerprint density at radius 3 is 2.59 bits per heavy atom. The molecule has 3 nitrogen and oxygen atoms in total. The highest BCUT2D eigenvalue weighted by Crippen LogP contribution is 2.25. The second kappa shape index (κ2) is 7.32. The number of benzene rings is 2. The molecule has 4 heteroatoms. The van der Waals surface area contributed by atoms with Crippen LogP contribution in [0.15, 0.2) is 42.5 Å². The van der Waals surface area contributed by atoms with Crippen LogP contribution in [0.3, 0.4) is 0 Å². The Labute approximate surface area is 136 Å². The Balaban J connectivity index is 2.12. The van der Waals surface area contributed by atoms with Crippen LogP contribution in [0.25, 0.3) is 0 Å². The van der Waals surface area contributed by atoms with Crippen LogP contribution in [0.1, 0.15) is 24.5 Å². The van der Waals surface area contributed by atoms with Gasteiger partial charge in [-0.05, 0) is 49.6 Å². The molecule has 2 rings (SSSR count). The molecule has 0 heterocycles. The van der Waals surface area contributed by atoms with E-state index in [1.165, 1.54) is 0 Å². The van der Waals surface area contributed by atoms with Crippen LogP contribution in [0.5, 0.6) is 5.75 Å². The fraction of sp³-hybridized carbons (Fsp3) is 0.278. The molecule has 0 saturated carbocycles. The van der Waals surface area contributed by atoms with Crippen LogP contribution < -0.4 is 10.1 Å². The third-order valence-corrected chi connectivity index (χ3v) is 3.94. The molecule has 0 aliphatic carbocycles. The van der Waals surface area contributed by atoms with E-state index in [9.17, 15) is 4.79 Å². The number of carbonyl (C=O) groups excluding carboxylic acids is 1. The molecule has 0 fully saturated rings. The minimum absolute atomic E-state index is 0.170. The van der Waals surface area contributed by atoms with E-state index < -0.39 is 6.10 Å². The van der Waals surface area contributed by atoms with Gasteiger partial charge in [-0.2, -0.15) is 0 Å². The Bertz CT molecular complexity index is 670. The average Bonchev–Trinajstić information content (AvgIpc) is 2.51. The van der Waals surface area contributed by atoms with Crippen molar-refractivity contribution in [2.75, 3.05) is 5.32 Å². The van der Waals surface area contributed by atoms with Crippen molar-refractivity contribution in [3.63, 3.8) is 0 Å². The van der Waals surface area contributed by atoms with Gasteiger partial charge in [-0.15, -0.1) is 0 Å². The van der Waals surface area contributed by atoms with Crippen molar-refractivity contribution < 1.29 is 9.53 Å². The molecule has 0 aliphatic rings. The summed E-state index contributed by atoms with van der Waals surface area (Å²) in [6, 6.07) is 13.0. The third kappa shape index (κ3) is 3.80. The number of aryl methyl sites for hydroxylation is 1. The zero-order valence-electron chi connectivity index (χ0n) is 13.0. The Morgan fingerprint density at radius 1 is 1.18 bits per heavy atom. The van der Waals surface area contributed by atoms with Crippen molar-refractivity contribution in [3.05, 3.63) is 58.6 Å². The van der Waals surface area contributed by atoms with Crippen LogP contribution >= 0.6 is 11.6 Å². The SMILES string of the molecule is CCC(Oc1ccccc1Cl)C(=O)Nc1cccc(C)c1C. The molecule has 0 aliphatic heterocycles. The lowest BCUT2D eigenvalue weighted by molar-refractivity contribution is -0.122. The lowest BCUT2D eigenvalue weighted by atomic mass is 10.1. The van der Waals surface area contributed by atoms with Gasteiger partial charge in [0, 0.05) is 5.69 Å². The number of anilines is 1. The fourth-order valence-corrected chi connectivity index (χ4v) is 2.30. The van der Waals surface area contributed by atoms with Crippen molar-refractivity contribution in [3.8, 4) is 5.75 Å². The first-order chi connectivity index (χ1) is 10.5. The zero-order chi connectivity index (χ0) is 16.1. The molecule has 1 atom stereocenters. The van der Waals surface area contributed by atoms with E-state index in [0.29, 0.717) is 17.2 Å².